The average Bonchev–Trinajstić information content (AvgIpc) is 2.26. The van der Waals surface area contributed by atoms with Gasteiger partial charge in [-0.25, -0.2) is 0 Å². The highest BCUT2D eigenvalue weighted by Gasteiger charge is 2.40. The molecule has 0 aliphatic rings. The molecule has 0 aromatic carbocycles. The van der Waals surface area contributed by atoms with Gasteiger partial charge in [0.05, 0.1) is 5.54 Å². The summed E-state index contributed by atoms with van der Waals surface area (Å²) in [5.41, 5.74) is 4.65. The zero-order chi connectivity index (χ0) is 15.3. The zero-order valence-corrected chi connectivity index (χ0v) is 12.2. The van der Waals surface area contributed by atoms with Crippen molar-refractivity contribution >= 4 is 5.91 Å². The van der Waals surface area contributed by atoms with E-state index in [1.165, 1.54) is 6.92 Å². The van der Waals surface area contributed by atoms with E-state index in [0.29, 0.717) is 25.7 Å². The van der Waals surface area contributed by atoms with E-state index in [9.17, 15) is 18.0 Å². The first-order valence-corrected chi connectivity index (χ1v) is 6.75. The van der Waals surface area contributed by atoms with Crippen LogP contribution in [0.5, 0.6) is 0 Å². The van der Waals surface area contributed by atoms with Crippen molar-refractivity contribution in [1.29, 1.82) is 0 Å². The summed E-state index contributed by atoms with van der Waals surface area (Å²) in [4.78, 5) is 13.2. The fourth-order valence-electron chi connectivity index (χ4n) is 2.24. The Morgan fingerprint density at radius 2 is 1.68 bits per heavy atom. The number of nitrogens with zero attached hydrogens (tertiary/aromatic N) is 1. The molecule has 1 atom stereocenters. The van der Waals surface area contributed by atoms with Crippen LogP contribution < -0.4 is 5.73 Å². The van der Waals surface area contributed by atoms with Crippen LogP contribution in [0.2, 0.25) is 0 Å². The van der Waals surface area contributed by atoms with Crippen molar-refractivity contribution in [3.05, 3.63) is 0 Å². The molecule has 0 heterocycles. The molecule has 0 fully saturated rings. The molecule has 114 valence electrons. The Kier molecular flexibility index (Phi) is 6.83. The van der Waals surface area contributed by atoms with E-state index in [-0.39, 0.29) is 0 Å². The fourth-order valence-corrected chi connectivity index (χ4v) is 2.24. The van der Waals surface area contributed by atoms with Crippen molar-refractivity contribution in [1.82, 2.24) is 4.90 Å². The molecule has 0 aromatic heterocycles. The summed E-state index contributed by atoms with van der Waals surface area (Å²) in [7, 11) is 0. The Morgan fingerprint density at radius 1 is 1.21 bits per heavy atom. The van der Waals surface area contributed by atoms with Crippen molar-refractivity contribution in [2.75, 3.05) is 6.54 Å². The second-order valence-electron chi connectivity index (χ2n) is 5.19. The lowest BCUT2D eigenvalue weighted by molar-refractivity contribution is -0.169. The lowest BCUT2D eigenvalue weighted by atomic mass is 9.94. The van der Waals surface area contributed by atoms with Gasteiger partial charge in [-0.2, -0.15) is 13.2 Å². The van der Waals surface area contributed by atoms with E-state index in [1.54, 1.807) is 13.8 Å². The molecule has 1 amide bonds. The predicted molar refractivity (Wildman–Crippen MR) is 69.6 cm³/mol. The van der Waals surface area contributed by atoms with Crippen molar-refractivity contribution in [2.45, 2.75) is 71.1 Å². The zero-order valence-electron chi connectivity index (χ0n) is 12.2. The Bertz CT molecular complexity index is 286. The molecule has 0 saturated heterocycles. The van der Waals surface area contributed by atoms with Gasteiger partial charge in [-0.1, -0.05) is 27.2 Å². The first-order chi connectivity index (χ1) is 8.59. The third-order valence-corrected chi connectivity index (χ3v) is 3.25. The molecule has 1 unspecified atom stereocenters. The monoisotopic (exact) mass is 282 g/mol. The SMILES string of the molecule is CCCC(C)(N)C(=O)N(CC(F)(F)F)C(CC)CC. The van der Waals surface area contributed by atoms with Gasteiger partial charge in [0.1, 0.15) is 6.54 Å². The number of hydrogen-bond acceptors (Lipinski definition) is 2. The molecule has 2 N–H and O–H groups in total. The van der Waals surface area contributed by atoms with Gasteiger partial charge in [0.15, 0.2) is 0 Å². The maximum Gasteiger partial charge on any atom is 0.406 e. The number of alkyl halides is 3. The van der Waals surface area contributed by atoms with E-state index >= 15 is 0 Å². The standard InChI is InChI=1S/C13H25F3N2O/c1-5-8-12(4,17)11(19)18(9-13(14,15)16)10(6-2)7-3/h10H,5-9,17H2,1-4H3. The van der Waals surface area contributed by atoms with Gasteiger partial charge in [0.2, 0.25) is 5.91 Å². The highest BCUT2D eigenvalue weighted by molar-refractivity contribution is 5.86. The van der Waals surface area contributed by atoms with Crippen LogP contribution in [0.4, 0.5) is 13.2 Å². The van der Waals surface area contributed by atoms with Crippen LogP contribution in [0.1, 0.15) is 53.4 Å². The predicted octanol–water partition coefficient (Wildman–Crippen LogP) is 3.08. The van der Waals surface area contributed by atoms with Gasteiger partial charge in [-0.3, -0.25) is 4.79 Å². The Labute approximate surface area is 113 Å². The molecule has 0 radical (unpaired) electrons. The van der Waals surface area contributed by atoms with E-state index in [0.717, 1.165) is 4.90 Å². The van der Waals surface area contributed by atoms with Crippen LogP contribution in [-0.4, -0.2) is 35.1 Å². The lowest BCUT2D eigenvalue weighted by Gasteiger charge is -2.37. The van der Waals surface area contributed by atoms with Crippen LogP contribution in [0, 0.1) is 0 Å². The first-order valence-electron chi connectivity index (χ1n) is 6.75. The quantitative estimate of drug-likeness (QED) is 0.780. The van der Waals surface area contributed by atoms with Gasteiger partial charge in [0.25, 0.3) is 0 Å². The number of amides is 1. The summed E-state index contributed by atoms with van der Waals surface area (Å²) in [5, 5.41) is 0. The van der Waals surface area contributed by atoms with Gasteiger partial charge in [-0.15, -0.1) is 0 Å². The second-order valence-corrected chi connectivity index (χ2v) is 5.19. The molecule has 3 nitrogen and oxygen atoms in total. The second kappa shape index (κ2) is 7.12. The highest BCUT2D eigenvalue weighted by Crippen LogP contribution is 2.24. The minimum absolute atomic E-state index is 0.375. The third kappa shape index (κ3) is 5.80. The number of halogens is 3. The molecular formula is C13H25F3N2O. The van der Waals surface area contributed by atoms with E-state index in [4.69, 9.17) is 5.73 Å². The van der Waals surface area contributed by atoms with Gasteiger partial charge < -0.3 is 10.6 Å². The fraction of sp³-hybridized carbons (Fsp3) is 0.923. The molecule has 0 aliphatic carbocycles. The normalized spacial score (nSPS) is 15.4. The Hall–Kier alpha value is -0.780. The molecule has 0 saturated carbocycles. The topological polar surface area (TPSA) is 46.3 Å². The minimum Gasteiger partial charge on any atom is -0.329 e. The molecule has 0 bridgehead atoms. The molecule has 19 heavy (non-hydrogen) atoms. The number of carbonyl (C=O) groups is 1. The largest absolute Gasteiger partial charge is 0.406 e. The summed E-state index contributed by atoms with van der Waals surface area (Å²) in [6.45, 7) is 5.68. The number of carbonyl (C=O) groups excluding carboxylic acids is 1. The molecule has 0 aromatic rings. The lowest BCUT2D eigenvalue weighted by Crippen LogP contribution is -2.57. The van der Waals surface area contributed by atoms with Crippen LogP contribution >= 0.6 is 0 Å². The van der Waals surface area contributed by atoms with Crippen molar-refractivity contribution in [3.63, 3.8) is 0 Å². The van der Waals surface area contributed by atoms with Crippen molar-refractivity contribution < 1.29 is 18.0 Å². The highest BCUT2D eigenvalue weighted by atomic mass is 19.4. The molecular weight excluding hydrogens is 257 g/mol. The van der Waals surface area contributed by atoms with E-state index in [2.05, 4.69) is 0 Å². The third-order valence-electron chi connectivity index (χ3n) is 3.25. The van der Waals surface area contributed by atoms with Crippen LogP contribution in [0.3, 0.4) is 0 Å². The first kappa shape index (κ1) is 18.2. The van der Waals surface area contributed by atoms with Crippen molar-refractivity contribution in [2.24, 2.45) is 5.73 Å². The van der Waals surface area contributed by atoms with Crippen LogP contribution in [0.15, 0.2) is 0 Å². The summed E-state index contributed by atoms with van der Waals surface area (Å²) in [6.07, 6.45) is -2.40. The smallest absolute Gasteiger partial charge is 0.329 e. The summed E-state index contributed by atoms with van der Waals surface area (Å²) in [5.74, 6) is -0.611. The Morgan fingerprint density at radius 3 is 2.00 bits per heavy atom. The number of hydrogen-bond donors (Lipinski definition) is 1. The minimum atomic E-state index is -4.40. The maximum absolute atomic E-state index is 12.6. The van der Waals surface area contributed by atoms with Gasteiger partial charge in [-0.05, 0) is 26.2 Å². The van der Waals surface area contributed by atoms with Crippen LogP contribution in [-0.2, 0) is 4.79 Å². The average molecular weight is 282 g/mol. The van der Waals surface area contributed by atoms with Crippen LogP contribution in [0.25, 0.3) is 0 Å². The van der Waals surface area contributed by atoms with Gasteiger partial charge in [0, 0.05) is 6.04 Å². The van der Waals surface area contributed by atoms with E-state index in [1.807, 2.05) is 6.92 Å². The number of rotatable bonds is 7. The molecule has 0 aliphatic heterocycles. The maximum atomic E-state index is 12.6. The molecule has 6 heteroatoms. The van der Waals surface area contributed by atoms with E-state index < -0.39 is 30.2 Å². The van der Waals surface area contributed by atoms with Gasteiger partial charge >= 0.3 is 6.18 Å². The summed E-state index contributed by atoms with van der Waals surface area (Å²) < 4.78 is 37.9. The number of nitrogens with two attached hydrogens (primary N) is 1. The molecule has 0 spiro atoms. The van der Waals surface area contributed by atoms with Crippen molar-refractivity contribution in [3.8, 4) is 0 Å². The summed E-state index contributed by atoms with van der Waals surface area (Å²) in [6, 6.07) is -0.422. The summed E-state index contributed by atoms with van der Waals surface area (Å²) >= 11 is 0. The Balaban J connectivity index is 5.17. The molecule has 0 rings (SSSR count).